The summed E-state index contributed by atoms with van der Waals surface area (Å²) in [5.74, 6) is 1.41. The molecule has 0 aromatic heterocycles. The van der Waals surface area contributed by atoms with Gasteiger partial charge in [0.2, 0.25) is 0 Å². The minimum atomic E-state index is -0.119. The molecule has 0 radical (unpaired) electrons. The highest BCUT2D eigenvalue weighted by atomic mass is 79.9. The molecule has 1 atom stereocenters. The summed E-state index contributed by atoms with van der Waals surface area (Å²) in [6.07, 6.45) is 3.89. The Labute approximate surface area is 149 Å². The molecule has 0 bridgehead atoms. The highest BCUT2D eigenvalue weighted by Crippen LogP contribution is 2.28. The van der Waals surface area contributed by atoms with Crippen LogP contribution in [0.3, 0.4) is 0 Å². The summed E-state index contributed by atoms with van der Waals surface area (Å²) in [6, 6.07) is 12.8. The van der Waals surface area contributed by atoms with Crippen LogP contribution in [0.5, 0.6) is 11.5 Å². The molecule has 1 saturated heterocycles. The number of halogens is 1. The maximum Gasteiger partial charge on any atom is 0.158 e. The van der Waals surface area contributed by atoms with Crippen molar-refractivity contribution in [3.63, 3.8) is 0 Å². The molecule has 2 aromatic carbocycles. The van der Waals surface area contributed by atoms with Gasteiger partial charge in [-0.2, -0.15) is 0 Å². The second-order valence-electron chi connectivity index (χ2n) is 5.65. The van der Waals surface area contributed by atoms with Gasteiger partial charge >= 0.3 is 0 Å². The number of carbonyl (C=O) groups excluding carboxylic acids is 1. The fourth-order valence-electron chi connectivity index (χ4n) is 2.50. The van der Waals surface area contributed by atoms with Gasteiger partial charge in [0.15, 0.2) is 6.29 Å². The number of hydrogen-bond acceptors (Lipinski definition) is 4. The topological polar surface area (TPSA) is 44.8 Å². The van der Waals surface area contributed by atoms with E-state index in [0.29, 0.717) is 17.9 Å². The maximum atomic E-state index is 10.7. The standard InChI is InChI=1S/C19H19BrO4/c20-18-9-8-17(24-16-6-4-14(12-21)5-7-16)11-15(18)13-23-19-3-1-2-10-22-19/h4-9,11-12,19H,1-3,10,13H2. The lowest BCUT2D eigenvalue weighted by atomic mass is 10.2. The molecule has 1 aliphatic rings. The second kappa shape index (κ2) is 8.42. The third kappa shape index (κ3) is 4.66. The van der Waals surface area contributed by atoms with Crippen LogP contribution in [0.2, 0.25) is 0 Å². The fourth-order valence-corrected chi connectivity index (χ4v) is 2.86. The lowest BCUT2D eigenvalue weighted by Gasteiger charge is -2.23. The highest BCUT2D eigenvalue weighted by Gasteiger charge is 2.15. The molecular formula is C19H19BrO4. The molecule has 4 nitrogen and oxygen atoms in total. The van der Waals surface area contributed by atoms with Gasteiger partial charge in [0.1, 0.15) is 17.8 Å². The van der Waals surface area contributed by atoms with Gasteiger partial charge in [-0.1, -0.05) is 15.9 Å². The summed E-state index contributed by atoms with van der Waals surface area (Å²) in [7, 11) is 0. The smallest absolute Gasteiger partial charge is 0.158 e. The fraction of sp³-hybridized carbons (Fsp3) is 0.316. The monoisotopic (exact) mass is 390 g/mol. The van der Waals surface area contributed by atoms with E-state index in [1.807, 2.05) is 18.2 Å². The van der Waals surface area contributed by atoms with Crippen LogP contribution in [0.1, 0.15) is 35.2 Å². The van der Waals surface area contributed by atoms with Gasteiger partial charge in [-0.15, -0.1) is 0 Å². The van der Waals surface area contributed by atoms with Crippen molar-refractivity contribution in [2.75, 3.05) is 6.61 Å². The van der Waals surface area contributed by atoms with E-state index in [0.717, 1.165) is 47.9 Å². The first-order valence-corrected chi connectivity index (χ1v) is 8.78. The summed E-state index contributed by atoms with van der Waals surface area (Å²) in [5, 5.41) is 0. The molecule has 24 heavy (non-hydrogen) atoms. The van der Waals surface area contributed by atoms with E-state index in [2.05, 4.69) is 15.9 Å². The number of rotatable bonds is 6. The van der Waals surface area contributed by atoms with Gasteiger partial charge in [-0.25, -0.2) is 0 Å². The molecule has 1 aliphatic heterocycles. The van der Waals surface area contributed by atoms with E-state index < -0.39 is 0 Å². The molecular weight excluding hydrogens is 372 g/mol. The minimum Gasteiger partial charge on any atom is -0.457 e. The summed E-state index contributed by atoms with van der Waals surface area (Å²) in [6.45, 7) is 1.23. The Morgan fingerprint density at radius 1 is 1.12 bits per heavy atom. The number of aldehydes is 1. The van der Waals surface area contributed by atoms with Gasteiger partial charge in [-0.3, -0.25) is 4.79 Å². The predicted octanol–water partition coefficient (Wildman–Crippen LogP) is 5.10. The molecule has 0 spiro atoms. The van der Waals surface area contributed by atoms with Crippen LogP contribution >= 0.6 is 15.9 Å². The summed E-state index contributed by atoms with van der Waals surface area (Å²) >= 11 is 3.54. The van der Waals surface area contributed by atoms with Crippen molar-refractivity contribution in [2.45, 2.75) is 32.2 Å². The van der Waals surface area contributed by atoms with Crippen LogP contribution in [0.25, 0.3) is 0 Å². The molecule has 5 heteroatoms. The molecule has 1 heterocycles. The zero-order chi connectivity index (χ0) is 16.8. The first-order chi connectivity index (χ1) is 11.7. The number of hydrogen-bond donors (Lipinski definition) is 0. The van der Waals surface area contributed by atoms with Gasteiger partial charge < -0.3 is 14.2 Å². The van der Waals surface area contributed by atoms with Gasteiger partial charge in [0, 0.05) is 16.6 Å². The lowest BCUT2D eigenvalue weighted by Crippen LogP contribution is -2.22. The van der Waals surface area contributed by atoms with E-state index >= 15 is 0 Å². The van der Waals surface area contributed by atoms with E-state index in [-0.39, 0.29) is 6.29 Å². The molecule has 3 rings (SSSR count). The molecule has 0 N–H and O–H groups in total. The van der Waals surface area contributed by atoms with E-state index in [1.54, 1.807) is 24.3 Å². The number of benzene rings is 2. The minimum absolute atomic E-state index is 0.119. The SMILES string of the molecule is O=Cc1ccc(Oc2ccc(Br)c(COC3CCCCO3)c2)cc1. The third-order valence-electron chi connectivity index (χ3n) is 3.83. The Bertz CT molecular complexity index is 678. The zero-order valence-electron chi connectivity index (χ0n) is 13.2. The van der Waals surface area contributed by atoms with Crippen LogP contribution in [-0.4, -0.2) is 19.2 Å². The number of ether oxygens (including phenoxy) is 3. The average Bonchev–Trinajstić information content (AvgIpc) is 2.63. The lowest BCUT2D eigenvalue weighted by molar-refractivity contribution is -0.169. The Balaban J connectivity index is 1.64. The van der Waals surface area contributed by atoms with Gasteiger partial charge in [0.25, 0.3) is 0 Å². The summed E-state index contributed by atoms with van der Waals surface area (Å²) in [5.41, 5.74) is 1.63. The van der Waals surface area contributed by atoms with E-state index in [4.69, 9.17) is 14.2 Å². The molecule has 0 aliphatic carbocycles. The third-order valence-corrected chi connectivity index (χ3v) is 4.61. The zero-order valence-corrected chi connectivity index (χ0v) is 14.8. The van der Waals surface area contributed by atoms with Crippen LogP contribution in [0, 0.1) is 0 Å². The van der Waals surface area contributed by atoms with Crippen molar-refractivity contribution in [1.29, 1.82) is 0 Å². The quantitative estimate of drug-likeness (QED) is 0.643. The van der Waals surface area contributed by atoms with Crippen molar-refractivity contribution in [1.82, 2.24) is 0 Å². The van der Waals surface area contributed by atoms with Crippen LogP contribution in [0.4, 0.5) is 0 Å². The Morgan fingerprint density at radius 3 is 2.62 bits per heavy atom. The molecule has 126 valence electrons. The average molecular weight is 391 g/mol. The van der Waals surface area contributed by atoms with Gasteiger partial charge in [0.05, 0.1) is 6.61 Å². The summed E-state index contributed by atoms with van der Waals surface area (Å²) < 4.78 is 18.2. The van der Waals surface area contributed by atoms with Crippen LogP contribution in [0.15, 0.2) is 46.9 Å². The maximum absolute atomic E-state index is 10.7. The summed E-state index contributed by atoms with van der Waals surface area (Å²) in [4.78, 5) is 10.7. The largest absolute Gasteiger partial charge is 0.457 e. The second-order valence-corrected chi connectivity index (χ2v) is 6.50. The van der Waals surface area contributed by atoms with Gasteiger partial charge in [-0.05, 0) is 67.3 Å². The van der Waals surface area contributed by atoms with Crippen LogP contribution in [-0.2, 0) is 16.1 Å². The predicted molar refractivity (Wildman–Crippen MR) is 94.4 cm³/mol. The van der Waals surface area contributed by atoms with Crippen molar-refractivity contribution in [2.24, 2.45) is 0 Å². The van der Waals surface area contributed by atoms with Crippen molar-refractivity contribution >= 4 is 22.2 Å². The Morgan fingerprint density at radius 2 is 1.92 bits per heavy atom. The molecule has 1 unspecified atom stereocenters. The van der Waals surface area contributed by atoms with Crippen molar-refractivity contribution < 1.29 is 19.0 Å². The van der Waals surface area contributed by atoms with Crippen molar-refractivity contribution in [3.8, 4) is 11.5 Å². The molecule has 1 fully saturated rings. The van der Waals surface area contributed by atoms with Crippen molar-refractivity contribution in [3.05, 3.63) is 58.1 Å². The highest BCUT2D eigenvalue weighted by molar-refractivity contribution is 9.10. The first-order valence-electron chi connectivity index (χ1n) is 7.99. The van der Waals surface area contributed by atoms with E-state index in [1.165, 1.54) is 0 Å². The first kappa shape index (κ1) is 17.1. The molecule has 0 amide bonds. The van der Waals surface area contributed by atoms with E-state index in [9.17, 15) is 4.79 Å². The molecule has 0 saturated carbocycles. The van der Waals surface area contributed by atoms with Crippen LogP contribution < -0.4 is 4.74 Å². The normalized spacial score (nSPS) is 17.5. The Kier molecular flexibility index (Phi) is 6.01. The Hall–Kier alpha value is -1.69. The number of carbonyl (C=O) groups is 1. The molecule has 2 aromatic rings.